The molecular weight excluding hydrogens is 274 g/mol. The molecule has 7 nitrogen and oxygen atoms in total. The summed E-state index contributed by atoms with van der Waals surface area (Å²) in [4.78, 5) is 25.2. The van der Waals surface area contributed by atoms with E-state index in [0.717, 1.165) is 12.8 Å². The van der Waals surface area contributed by atoms with E-state index in [9.17, 15) is 14.7 Å². The van der Waals surface area contributed by atoms with Crippen molar-refractivity contribution < 1.29 is 19.2 Å². The lowest BCUT2D eigenvalue weighted by Gasteiger charge is -2.39. The Balaban J connectivity index is 1.91. The second kappa shape index (κ2) is 6.15. The number of likely N-dealkylation sites (tertiary alicyclic amines) is 1. The van der Waals surface area contributed by atoms with Gasteiger partial charge in [0.1, 0.15) is 0 Å². The molecule has 2 amide bonds. The molecule has 7 heteroatoms. The van der Waals surface area contributed by atoms with E-state index < -0.39 is 11.4 Å². The minimum atomic E-state index is -0.829. The van der Waals surface area contributed by atoms with E-state index in [2.05, 4.69) is 10.5 Å². The number of carbonyl (C=O) groups excluding carboxylic acids is 1. The highest BCUT2D eigenvalue weighted by Gasteiger charge is 2.39. The summed E-state index contributed by atoms with van der Waals surface area (Å²) in [5.74, 6) is -0.279. The summed E-state index contributed by atoms with van der Waals surface area (Å²) in [7, 11) is 0. The average Bonchev–Trinajstić information content (AvgIpc) is 2.98. The van der Waals surface area contributed by atoms with Crippen molar-refractivity contribution in [3.05, 3.63) is 18.0 Å². The first-order chi connectivity index (χ1) is 9.91. The van der Waals surface area contributed by atoms with E-state index in [1.807, 2.05) is 0 Å². The fourth-order valence-corrected chi connectivity index (χ4v) is 2.53. The van der Waals surface area contributed by atoms with Crippen molar-refractivity contribution in [2.24, 2.45) is 11.3 Å². The summed E-state index contributed by atoms with van der Waals surface area (Å²) >= 11 is 0. The molecule has 1 aliphatic heterocycles. The Hall–Kier alpha value is -2.05. The van der Waals surface area contributed by atoms with Gasteiger partial charge in [-0.05, 0) is 32.6 Å². The van der Waals surface area contributed by atoms with Crippen LogP contribution in [0, 0.1) is 11.3 Å². The Morgan fingerprint density at radius 1 is 1.57 bits per heavy atom. The monoisotopic (exact) mass is 295 g/mol. The lowest BCUT2D eigenvalue weighted by atomic mass is 9.74. The number of carboxylic acids is 1. The van der Waals surface area contributed by atoms with Crippen LogP contribution in [0.2, 0.25) is 0 Å². The minimum Gasteiger partial charge on any atom is -0.481 e. The number of amides is 2. The number of urea groups is 1. The third-order valence-corrected chi connectivity index (χ3v) is 4.19. The molecule has 1 aliphatic rings. The Bertz CT molecular complexity index is 498. The highest BCUT2D eigenvalue weighted by atomic mass is 16.5. The molecule has 2 rings (SSSR count). The van der Waals surface area contributed by atoms with Gasteiger partial charge in [-0.25, -0.2) is 4.79 Å². The van der Waals surface area contributed by atoms with Gasteiger partial charge in [0.15, 0.2) is 5.76 Å². The number of hydrogen-bond acceptors (Lipinski definition) is 4. The van der Waals surface area contributed by atoms with Gasteiger partial charge in [0.25, 0.3) is 0 Å². The molecule has 0 aliphatic carbocycles. The Morgan fingerprint density at radius 3 is 2.95 bits per heavy atom. The number of aliphatic carboxylic acids is 1. The predicted octanol–water partition coefficient (Wildman–Crippen LogP) is 1.71. The lowest BCUT2D eigenvalue weighted by molar-refractivity contribution is -0.151. The van der Waals surface area contributed by atoms with Crippen molar-refractivity contribution >= 4 is 12.0 Å². The van der Waals surface area contributed by atoms with Crippen molar-refractivity contribution in [2.75, 3.05) is 13.1 Å². The summed E-state index contributed by atoms with van der Waals surface area (Å²) in [6, 6.07) is 1.49. The second-order valence-corrected chi connectivity index (χ2v) is 5.95. The largest absolute Gasteiger partial charge is 0.481 e. The van der Waals surface area contributed by atoms with E-state index in [-0.39, 0.29) is 18.5 Å². The number of nitrogens with zero attached hydrogens (tertiary/aromatic N) is 2. The number of rotatable bonds is 4. The van der Waals surface area contributed by atoms with E-state index in [0.29, 0.717) is 18.8 Å². The van der Waals surface area contributed by atoms with Crippen LogP contribution in [0.3, 0.4) is 0 Å². The predicted molar refractivity (Wildman–Crippen MR) is 74.5 cm³/mol. The smallest absolute Gasteiger partial charge is 0.317 e. The van der Waals surface area contributed by atoms with E-state index in [1.54, 1.807) is 24.8 Å². The number of carbonyl (C=O) groups is 2. The summed E-state index contributed by atoms with van der Waals surface area (Å²) in [5.41, 5.74) is -0.829. The molecule has 0 spiro atoms. The number of nitrogens with one attached hydrogen (secondary N) is 1. The summed E-state index contributed by atoms with van der Waals surface area (Å²) in [6.07, 6.45) is 3.16. The van der Waals surface area contributed by atoms with E-state index in [1.165, 1.54) is 6.20 Å². The molecule has 1 unspecified atom stereocenters. The van der Waals surface area contributed by atoms with E-state index >= 15 is 0 Å². The molecule has 0 saturated carbocycles. The van der Waals surface area contributed by atoms with Crippen LogP contribution >= 0.6 is 0 Å². The maximum absolute atomic E-state index is 12.1. The molecule has 1 saturated heterocycles. The first-order valence-electron chi connectivity index (χ1n) is 7.07. The molecule has 21 heavy (non-hydrogen) atoms. The van der Waals surface area contributed by atoms with Gasteiger partial charge in [0.2, 0.25) is 0 Å². The SMILES string of the molecule is CC(C)(C(=O)O)C1CCCN(C(=O)NCc2ccno2)C1. The van der Waals surface area contributed by atoms with Crippen LogP contribution in [-0.4, -0.2) is 40.3 Å². The van der Waals surface area contributed by atoms with Crippen LogP contribution in [-0.2, 0) is 11.3 Å². The third kappa shape index (κ3) is 3.53. The fraction of sp³-hybridized carbons (Fsp3) is 0.643. The van der Waals surface area contributed by atoms with Crippen molar-refractivity contribution in [1.82, 2.24) is 15.4 Å². The van der Waals surface area contributed by atoms with Crippen LogP contribution in [0.1, 0.15) is 32.4 Å². The average molecular weight is 295 g/mol. The van der Waals surface area contributed by atoms with E-state index in [4.69, 9.17) is 4.52 Å². The zero-order valence-corrected chi connectivity index (χ0v) is 12.3. The topological polar surface area (TPSA) is 95.7 Å². The number of carboxylic acid groups (broad SMARTS) is 1. The number of aromatic nitrogens is 1. The Kier molecular flexibility index (Phi) is 4.50. The van der Waals surface area contributed by atoms with Crippen LogP contribution in [0.4, 0.5) is 4.79 Å². The molecule has 1 atom stereocenters. The summed E-state index contributed by atoms with van der Waals surface area (Å²) in [5, 5.41) is 15.6. The van der Waals surface area contributed by atoms with Gasteiger partial charge in [-0.2, -0.15) is 0 Å². The molecular formula is C14H21N3O4. The molecule has 2 N–H and O–H groups in total. The molecule has 1 aromatic heterocycles. The molecule has 116 valence electrons. The van der Waals surface area contributed by atoms with Gasteiger partial charge < -0.3 is 19.8 Å². The molecule has 2 heterocycles. The standard InChI is InChI=1S/C14H21N3O4/c1-14(2,12(18)19)10-4-3-7-17(9-10)13(20)15-8-11-5-6-16-21-11/h5-6,10H,3-4,7-9H2,1-2H3,(H,15,20)(H,18,19). The summed E-state index contributed by atoms with van der Waals surface area (Å²) in [6.45, 7) is 4.82. The van der Waals surface area contributed by atoms with Crippen molar-refractivity contribution in [2.45, 2.75) is 33.2 Å². The third-order valence-electron chi connectivity index (χ3n) is 4.19. The van der Waals surface area contributed by atoms with Crippen LogP contribution in [0.5, 0.6) is 0 Å². The van der Waals surface area contributed by atoms with Gasteiger partial charge in [0.05, 0.1) is 18.2 Å². The van der Waals surface area contributed by atoms with Gasteiger partial charge in [-0.3, -0.25) is 4.79 Å². The van der Waals surface area contributed by atoms with Gasteiger partial charge in [0, 0.05) is 19.2 Å². The Labute approximate surface area is 123 Å². The zero-order valence-electron chi connectivity index (χ0n) is 12.3. The lowest BCUT2D eigenvalue weighted by Crippen LogP contribution is -2.49. The van der Waals surface area contributed by atoms with Crippen molar-refractivity contribution in [3.8, 4) is 0 Å². The zero-order chi connectivity index (χ0) is 15.5. The maximum Gasteiger partial charge on any atom is 0.317 e. The molecule has 0 bridgehead atoms. The highest BCUT2D eigenvalue weighted by Crippen LogP contribution is 2.34. The molecule has 0 radical (unpaired) electrons. The second-order valence-electron chi connectivity index (χ2n) is 5.95. The molecule has 0 aromatic carbocycles. The van der Waals surface area contributed by atoms with Crippen molar-refractivity contribution in [1.29, 1.82) is 0 Å². The highest BCUT2D eigenvalue weighted by molar-refractivity contribution is 5.76. The van der Waals surface area contributed by atoms with Crippen molar-refractivity contribution in [3.63, 3.8) is 0 Å². The van der Waals surface area contributed by atoms with Crippen LogP contribution in [0.25, 0.3) is 0 Å². The van der Waals surface area contributed by atoms with Gasteiger partial charge in [-0.15, -0.1) is 0 Å². The van der Waals surface area contributed by atoms with Gasteiger partial charge in [-0.1, -0.05) is 5.16 Å². The fourth-order valence-electron chi connectivity index (χ4n) is 2.53. The molecule has 1 fully saturated rings. The van der Waals surface area contributed by atoms with Crippen LogP contribution < -0.4 is 5.32 Å². The van der Waals surface area contributed by atoms with Gasteiger partial charge >= 0.3 is 12.0 Å². The normalized spacial score (nSPS) is 19.3. The minimum absolute atomic E-state index is 0.0419. The first-order valence-corrected chi connectivity index (χ1v) is 7.07. The van der Waals surface area contributed by atoms with Crippen LogP contribution in [0.15, 0.2) is 16.8 Å². The summed E-state index contributed by atoms with van der Waals surface area (Å²) < 4.78 is 4.92. The molecule has 1 aromatic rings. The number of piperidine rings is 1. The maximum atomic E-state index is 12.1. The number of hydrogen-bond donors (Lipinski definition) is 2. The Morgan fingerprint density at radius 2 is 2.33 bits per heavy atom. The quantitative estimate of drug-likeness (QED) is 0.881. The first kappa shape index (κ1) is 15.3.